The van der Waals surface area contributed by atoms with Crippen LogP contribution in [0.15, 0.2) is 221 Å². The molecule has 0 saturated carbocycles. The molecule has 0 fully saturated rings. The molecule has 0 atom stereocenters. The van der Waals surface area contributed by atoms with Crippen molar-refractivity contribution < 1.29 is 8.83 Å². The molecule has 0 bridgehead atoms. The maximum atomic E-state index is 6.89. The van der Waals surface area contributed by atoms with E-state index >= 15 is 0 Å². The molecule has 0 radical (unpaired) electrons. The van der Waals surface area contributed by atoms with E-state index in [4.69, 9.17) is 8.83 Å². The fourth-order valence-electron chi connectivity index (χ4n) is 11.1. The molecule has 62 heavy (non-hydrogen) atoms. The molecule has 14 rings (SSSR count). The first kappa shape index (κ1) is 33.7. The van der Waals surface area contributed by atoms with Crippen molar-refractivity contribution in [2.24, 2.45) is 0 Å². The fraction of sp³-hybridized carbons (Fsp3) is 0.0169. The van der Waals surface area contributed by atoms with Gasteiger partial charge in [-0.25, -0.2) is 0 Å². The lowest BCUT2D eigenvalue weighted by atomic mass is 9.70. The van der Waals surface area contributed by atoms with Gasteiger partial charge in [0.1, 0.15) is 16.7 Å². The van der Waals surface area contributed by atoms with Crippen LogP contribution in [-0.2, 0) is 5.41 Å². The molecular weight excluding hydrogens is 755 g/mol. The van der Waals surface area contributed by atoms with Crippen molar-refractivity contribution in [3.63, 3.8) is 0 Å². The first-order chi connectivity index (χ1) is 30.8. The van der Waals surface area contributed by atoms with Gasteiger partial charge in [0.05, 0.1) is 16.8 Å². The molecule has 0 aliphatic heterocycles. The topological polar surface area (TPSA) is 29.5 Å². The first-order valence-electron chi connectivity index (χ1n) is 21.3. The van der Waals surface area contributed by atoms with Crippen molar-refractivity contribution in [1.82, 2.24) is 0 Å². The molecule has 0 saturated heterocycles. The lowest BCUT2D eigenvalue weighted by molar-refractivity contribution is 0.669. The lowest BCUT2D eigenvalue weighted by Gasteiger charge is -2.32. The van der Waals surface area contributed by atoms with Gasteiger partial charge in [-0.05, 0) is 97.7 Å². The molecule has 1 spiro atoms. The van der Waals surface area contributed by atoms with Gasteiger partial charge in [-0.1, -0.05) is 170 Å². The van der Waals surface area contributed by atoms with Crippen molar-refractivity contribution in [1.29, 1.82) is 0 Å². The highest BCUT2D eigenvalue weighted by atomic mass is 16.3. The van der Waals surface area contributed by atoms with E-state index < -0.39 is 5.41 Å². The van der Waals surface area contributed by atoms with Gasteiger partial charge in [0.25, 0.3) is 0 Å². The second kappa shape index (κ2) is 12.4. The Kier molecular flexibility index (Phi) is 6.76. The molecule has 3 heteroatoms. The molecule has 2 aliphatic rings. The van der Waals surface area contributed by atoms with Gasteiger partial charge < -0.3 is 13.7 Å². The monoisotopic (exact) mass is 789 g/mol. The predicted octanol–water partition coefficient (Wildman–Crippen LogP) is 16.1. The van der Waals surface area contributed by atoms with E-state index in [0.717, 1.165) is 77.5 Å². The molecule has 2 aromatic heterocycles. The van der Waals surface area contributed by atoms with Crippen molar-refractivity contribution in [3.05, 3.63) is 235 Å². The van der Waals surface area contributed by atoms with Crippen LogP contribution >= 0.6 is 0 Å². The van der Waals surface area contributed by atoms with Crippen LogP contribution < -0.4 is 4.90 Å². The summed E-state index contributed by atoms with van der Waals surface area (Å²) in [6, 6.07) is 77.2. The highest BCUT2D eigenvalue weighted by molar-refractivity contribution is 6.15. The van der Waals surface area contributed by atoms with Crippen LogP contribution in [0.5, 0.6) is 0 Å². The predicted molar refractivity (Wildman–Crippen MR) is 255 cm³/mol. The van der Waals surface area contributed by atoms with Crippen molar-refractivity contribution >= 4 is 71.7 Å². The average molecular weight is 790 g/mol. The van der Waals surface area contributed by atoms with E-state index in [2.05, 4.69) is 211 Å². The second-order valence-electron chi connectivity index (χ2n) is 16.7. The number of hydrogen-bond acceptors (Lipinski definition) is 3. The van der Waals surface area contributed by atoms with E-state index in [1.54, 1.807) is 0 Å². The third-order valence-electron chi connectivity index (χ3n) is 13.7. The minimum absolute atomic E-state index is 0.491. The zero-order valence-electron chi connectivity index (χ0n) is 33.5. The molecule has 0 amide bonds. The second-order valence-corrected chi connectivity index (χ2v) is 16.7. The van der Waals surface area contributed by atoms with Crippen molar-refractivity contribution in [2.45, 2.75) is 5.41 Å². The number of anilines is 3. The fourth-order valence-corrected chi connectivity index (χ4v) is 11.1. The minimum atomic E-state index is -0.491. The summed E-state index contributed by atoms with van der Waals surface area (Å²) in [4.78, 5) is 2.42. The Bertz CT molecular complexity index is 3780. The summed E-state index contributed by atoms with van der Waals surface area (Å²) < 4.78 is 13.8. The summed E-state index contributed by atoms with van der Waals surface area (Å²) in [5, 5.41) is 6.75. The Labute approximate surface area is 357 Å². The third-order valence-corrected chi connectivity index (χ3v) is 13.7. The highest BCUT2D eigenvalue weighted by Gasteiger charge is 2.51. The van der Waals surface area contributed by atoms with E-state index in [1.165, 1.54) is 49.9 Å². The maximum absolute atomic E-state index is 6.89. The molecule has 0 unspecified atom stereocenters. The van der Waals surface area contributed by atoms with Gasteiger partial charge in [-0.2, -0.15) is 0 Å². The SMILES string of the molecule is c1ccc(N(c2ccc3c(c2)C2(c4ccccc4-c4ccccc42)c2ccccc2-3)c2cccc3c2oc2ccccc23)c(-c2cccc3c2oc2cc4ccccc4cc23)c1. The summed E-state index contributed by atoms with van der Waals surface area (Å²) >= 11 is 0. The summed E-state index contributed by atoms with van der Waals surface area (Å²) in [5.41, 5.74) is 18.4. The van der Waals surface area contributed by atoms with Crippen LogP contribution in [0.4, 0.5) is 17.1 Å². The van der Waals surface area contributed by atoms with Crippen LogP contribution in [0, 0.1) is 0 Å². The van der Waals surface area contributed by atoms with Crippen LogP contribution in [0.25, 0.3) is 88.0 Å². The number of benzene rings is 10. The van der Waals surface area contributed by atoms with Gasteiger partial charge in [0, 0.05) is 38.4 Å². The van der Waals surface area contributed by atoms with Crippen LogP contribution in [0.1, 0.15) is 22.3 Å². The van der Waals surface area contributed by atoms with Crippen LogP contribution in [0.3, 0.4) is 0 Å². The molecule has 288 valence electrons. The number of furan rings is 2. The van der Waals surface area contributed by atoms with E-state index in [0.29, 0.717) is 0 Å². The number of hydrogen-bond donors (Lipinski definition) is 0. The first-order valence-corrected chi connectivity index (χ1v) is 21.3. The Morgan fingerprint density at radius 3 is 1.56 bits per heavy atom. The Hall–Kier alpha value is -8.14. The number of fused-ring (bicyclic) bond motifs is 17. The Morgan fingerprint density at radius 1 is 0.306 bits per heavy atom. The largest absolute Gasteiger partial charge is 0.455 e. The summed E-state index contributed by atoms with van der Waals surface area (Å²) in [5.74, 6) is 0. The summed E-state index contributed by atoms with van der Waals surface area (Å²) in [6.45, 7) is 0. The van der Waals surface area contributed by atoms with Crippen molar-refractivity contribution in [2.75, 3.05) is 4.90 Å². The molecule has 0 N–H and O–H groups in total. The van der Waals surface area contributed by atoms with Gasteiger partial charge >= 0.3 is 0 Å². The Morgan fingerprint density at radius 2 is 0.823 bits per heavy atom. The van der Waals surface area contributed by atoms with Gasteiger partial charge in [0.15, 0.2) is 5.58 Å². The standard InChI is InChI=1S/C59H35NO2/c1-2-16-37-34-56-48(33-36(37)15-1)47-23-13-22-45(57(47)62-56)43-20-6-11-28-53(43)60(54-29-14-24-46-44-21-7-12-30-55(44)61-58(46)54)38-31-32-42-41-19-5-10-27-51(41)59(52(42)35-38)49-25-8-3-17-39(49)40-18-4-9-26-50(40)59/h1-35H. The quantitative estimate of drug-likeness (QED) is 0.178. The van der Waals surface area contributed by atoms with Crippen LogP contribution in [0.2, 0.25) is 0 Å². The normalized spacial score (nSPS) is 13.3. The number of para-hydroxylation sites is 4. The summed E-state index contributed by atoms with van der Waals surface area (Å²) in [7, 11) is 0. The maximum Gasteiger partial charge on any atom is 0.159 e. The van der Waals surface area contributed by atoms with E-state index in [9.17, 15) is 0 Å². The third kappa shape index (κ3) is 4.39. The van der Waals surface area contributed by atoms with E-state index in [1.807, 2.05) is 6.07 Å². The Balaban J connectivity index is 1.07. The molecule has 12 aromatic rings. The zero-order valence-corrected chi connectivity index (χ0v) is 33.5. The average Bonchev–Trinajstić information content (AvgIpc) is 4.06. The molecule has 10 aromatic carbocycles. The number of nitrogens with zero attached hydrogens (tertiary/aromatic N) is 1. The molecule has 2 aliphatic carbocycles. The molecule has 3 nitrogen and oxygen atoms in total. The highest BCUT2D eigenvalue weighted by Crippen LogP contribution is 2.63. The lowest BCUT2D eigenvalue weighted by Crippen LogP contribution is -2.26. The zero-order chi connectivity index (χ0) is 40.5. The molecular formula is C59H35NO2. The van der Waals surface area contributed by atoms with Gasteiger partial charge in [-0.15, -0.1) is 0 Å². The smallest absolute Gasteiger partial charge is 0.159 e. The van der Waals surface area contributed by atoms with Crippen LogP contribution in [-0.4, -0.2) is 0 Å². The van der Waals surface area contributed by atoms with E-state index in [-0.39, 0.29) is 0 Å². The van der Waals surface area contributed by atoms with Crippen molar-refractivity contribution in [3.8, 4) is 33.4 Å². The summed E-state index contributed by atoms with van der Waals surface area (Å²) in [6.07, 6.45) is 0. The van der Waals surface area contributed by atoms with Gasteiger partial charge in [0.2, 0.25) is 0 Å². The number of rotatable bonds is 4. The van der Waals surface area contributed by atoms with Gasteiger partial charge in [-0.3, -0.25) is 0 Å². The molecule has 2 heterocycles. The minimum Gasteiger partial charge on any atom is -0.455 e.